The fourth-order valence-electron chi connectivity index (χ4n) is 0.0958. The maximum Gasteiger partial charge on any atom is 0.112 e. The Kier molecular flexibility index (Phi) is 2.44. The molecule has 0 bridgehead atoms. The van der Waals surface area contributed by atoms with E-state index in [0.29, 0.717) is 0 Å². The zero-order chi connectivity index (χ0) is 5.86. The van der Waals surface area contributed by atoms with Crippen LogP contribution in [-0.4, -0.2) is 10.5 Å². The van der Waals surface area contributed by atoms with Gasteiger partial charge in [-0.3, -0.25) is 4.21 Å². The highest BCUT2D eigenvalue weighted by atomic mass is 32.2. The third-order valence-corrected chi connectivity index (χ3v) is 1.30. The lowest BCUT2D eigenvalue weighted by atomic mass is 11.0. The van der Waals surface area contributed by atoms with Crippen molar-refractivity contribution in [3.05, 3.63) is 11.2 Å². The lowest BCUT2D eigenvalue weighted by Crippen LogP contribution is -2.05. The summed E-state index contributed by atoms with van der Waals surface area (Å²) in [6, 6.07) is 0. The van der Waals surface area contributed by atoms with Crippen LogP contribution >= 0.6 is 0 Å². The molecule has 0 aliphatic carbocycles. The van der Waals surface area contributed by atoms with E-state index < -0.39 is 10.8 Å². The van der Waals surface area contributed by atoms with Crippen LogP contribution in [0.5, 0.6) is 0 Å². The molecule has 0 radical (unpaired) electrons. The first-order chi connectivity index (χ1) is 3.18. The van der Waals surface area contributed by atoms with Crippen molar-refractivity contribution in [1.29, 1.82) is 0 Å². The molecule has 4 N–H and O–H groups in total. The standard InChI is InChI=1S/C3H8N2OS/c1-7(6)3(5)2-4/h2H,4-5H2,1H3/b3-2-. The minimum absolute atomic E-state index is 0.222. The summed E-state index contributed by atoms with van der Waals surface area (Å²) in [6.07, 6.45) is 2.61. The highest BCUT2D eigenvalue weighted by Crippen LogP contribution is 1.81. The molecule has 0 aromatic rings. The van der Waals surface area contributed by atoms with Gasteiger partial charge in [0.25, 0.3) is 0 Å². The molecule has 0 aliphatic rings. The number of hydrogen-bond acceptors (Lipinski definition) is 3. The van der Waals surface area contributed by atoms with Gasteiger partial charge < -0.3 is 11.5 Å². The fraction of sp³-hybridized carbons (Fsp3) is 0.333. The van der Waals surface area contributed by atoms with E-state index in [1.54, 1.807) is 0 Å². The molecule has 0 aromatic heterocycles. The number of nitrogens with two attached hydrogens (primary N) is 2. The van der Waals surface area contributed by atoms with Crippen molar-refractivity contribution in [2.45, 2.75) is 0 Å². The molecule has 0 aliphatic heterocycles. The van der Waals surface area contributed by atoms with Crippen LogP contribution in [-0.2, 0) is 10.8 Å². The van der Waals surface area contributed by atoms with Crippen LogP contribution in [0, 0.1) is 0 Å². The molecular formula is C3H8N2OS. The van der Waals surface area contributed by atoms with Crippen LogP contribution in [0.25, 0.3) is 0 Å². The smallest absolute Gasteiger partial charge is 0.112 e. The third kappa shape index (κ3) is 2.22. The maximum absolute atomic E-state index is 10.2. The molecule has 0 amide bonds. The molecule has 0 saturated heterocycles. The zero-order valence-electron chi connectivity index (χ0n) is 4.05. The summed E-state index contributed by atoms with van der Waals surface area (Å²) in [4.78, 5) is 0. The van der Waals surface area contributed by atoms with Gasteiger partial charge in [-0.05, 0) is 0 Å². The summed E-state index contributed by atoms with van der Waals surface area (Å²) in [5.41, 5.74) is 9.94. The lowest BCUT2D eigenvalue weighted by molar-refractivity contribution is 0.690. The molecule has 0 heterocycles. The minimum atomic E-state index is -1.10. The highest BCUT2D eigenvalue weighted by molar-refractivity contribution is 7.88. The van der Waals surface area contributed by atoms with Crippen molar-refractivity contribution in [2.24, 2.45) is 11.5 Å². The van der Waals surface area contributed by atoms with E-state index in [-0.39, 0.29) is 5.03 Å². The van der Waals surface area contributed by atoms with Gasteiger partial charge in [0.05, 0.1) is 10.8 Å². The summed E-state index contributed by atoms with van der Waals surface area (Å²) < 4.78 is 10.2. The van der Waals surface area contributed by atoms with E-state index in [4.69, 9.17) is 11.5 Å². The van der Waals surface area contributed by atoms with Crippen molar-refractivity contribution in [3.63, 3.8) is 0 Å². The average molecular weight is 120 g/mol. The highest BCUT2D eigenvalue weighted by Gasteiger charge is 1.88. The van der Waals surface area contributed by atoms with Crippen LogP contribution < -0.4 is 11.5 Å². The fourth-order valence-corrected chi connectivity index (χ4v) is 0.287. The Balaban J connectivity index is 3.82. The Labute approximate surface area is 44.8 Å². The molecule has 7 heavy (non-hydrogen) atoms. The van der Waals surface area contributed by atoms with Crippen LogP contribution in [0.4, 0.5) is 0 Å². The molecule has 4 heteroatoms. The van der Waals surface area contributed by atoms with E-state index in [9.17, 15) is 4.21 Å². The van der Waals surface area contributed by atoms with E-state index in [1.165, 1.54) is 6.26 Å². The van der Waals surface area contributed by atoms with Gasteiger partial charge in [-0.15, -0.1) is 0 Å². The van der Waals surface area contributed by atoms with Gasteiger partial charge >= 0.3 is 0 Å². The van der Waals surface area contributed by atoms with Gasteiger partial charge in [0.2, 0.25) is 0 Å². The molecular weight excluding hydrogens is 112 g/mol. The van der Waals surface area contributed by atoms with Crippen molar-refractivity contribution in [1.82, 2.24) is 0 Å². The average Bonchev–Trinajstić information content (AvgIpc) is 1.65. The van der Waals surface area contributed by atoms with Crippen LogP contribution in [0.3, 0.4) is 0 Å². The Morgan fingerprint density at radius 3 is 2.29 bits per heavy atom. The predicted octanol–water partition coefficient (Wildman–Crippen LogP) is -0.919. The van der Waals surface area contributed by atoms with Crippen molar-refractivity contribution >= 4 is 10.8 Å². The normalized spacial score (nSPS) is 16.4. The quantitative estimate of drug-likeness (QED) is 0.470. The topological polar surface area (TPSA) is 69.1 Å². The number of rotatable bonds is 1. The van der Waals surface area contributed by atoms with E-state index in [0.717, 1.165) is 6.20 Å². The second-order valence-electron chi connectivity index (χ2n) is 1.02. The van der Waals surface area contributed by atoms with Crippen LogP contribution in [0.2, 0.25) is 0 Å². The van der Waals surface area contributed by atoms with Crippen molar-refractivity contribution in [2.75, 3.05) is 6.26 Å². The largest absolute Gasteiger partial charge is 0.402 e. The summed E-state index contributed by atoms with van der Waals surface area (Å²) in [5.74, 6) is 0. The van der Waals surface area contributed by atoms with Gasteiger partial charge in [-0.1, -0.05) is 0 Å². The first kappa shape index (κ1) is 6.49. The first-order valence-corrected chi connectivity index (χ1v) is 3.25. The first-order valence-electron chi connectivity index (χ1n) is 1.69. The zero-order valence-corrected chi connectivity index (χ0v) is 4.87. The second-order valence-corrected chi connectivity index (χ2v) is 2.40. The summed E-state index contributed by atoms with van der Waals surface area (Å²) in [7, 11) is -1.10. The molecule has 1 atom stereocenters. The Bertz CT molecular complexity index is 110. The van der Waals surface area contributed by atoms with E-state index in [1.807, 2.05) is 0 Å². The van der Waals surface area contributed by atoms with Gasteiger partial charge in [-0.2, -0.15) is 0 Å². The second kappa shape index (κ2) is 2.63. The van der Waals surface area contributed by atoms with E-state index >= 15 is 0 Å². The Morgan fingerprint density at radius 1 is 1.86 bits per heavy atom. The van der Waals surface area contributed by atoms with Gasteiger partial charge in [0.15, 0.2) is 0 Å². The minimum Gasteiger partial charge on any atom is -0.402 e. The molecule has 42 valence electrons. The summed E-state index contributed by atoms with van der Waals surface area (Å²) >= 11 is 0. The molecule has 0 aromatic carbocycles. The van der Waals surface area contributed by atoms with E-state index in [2.05, 4.69) is 0 Å². The molecule has 1 unspecified atom stereocenters. The SMILES string of the molecule is CS(=O)/C(N)=C\N. The van der Waals surface area contributed by atoms with Crippen LogP contribution in [0.1, 0.15) is 0 Å². The summed E-state index contributed by atoms with van der Waals surface area (Å²) in [5, 5.41) is 0.222. The van der Waals surface area contributed by atoms with Gasteiger partial charge in [0.1, 0.15) is 5.03 Å². The molecule has 0 saturated carbocycles. The Hall–Kier alpha value is -0.510. The van der Waals surface area contributed by atoms with Gasteiger partial charge in [0, 0.05) is 12.5 Å². The third-order valence-electron chi connectivity index (χ3n) is 0.496. The van der Waals surface area contributed by atoms with Crippen molar-refractivity contribution in [3.8, 4) is 0 Å². The maximum atomic E-state index is 10.2. The lowest BCUT2D eigenvalue weighted by Gasteiger charge is -1.87. The monoisotopic (exact) mass is 120 g/mol. The Morgan fingerprint density at radius 2 is 2.29 bits per heavy atom. The molecule has 3 nitrogen and oxygen atoms in total. The predicted molar refractivity (Wildman–Crippen MR) is 30.5 cm³/mol. The molecule has 0 fully saturated rings. The number of hydrogen-bond donors (Lipinski definition) is 2. The summed E-state index contributed by atoms with van der Waals surface area (Å²) in [6.45, 7) is 0. The molecule has 0 spiro atoms. The molecule has 0 rings (SSSR count). The van der Waals surface area contributed by atoms with Gasteiger partial charge in [-0.25, -0.2) is 0 Å². The van der Waals surface area contributed by atoms with Crippen molar-refractivity contribution < 1.29 is 4.21 Å². The van der Waals surface area contributed by atoms with Crippen LogP contribution in [0.15, 0.2) is 11.2 Å².